The van der Waals surface area contributed by atoms with E-state index < -0.39 is 4.92 Å². The molecule has 3 rings (SSSR count). The molecule has 0 aliphatic carbocycles. The van der Waals surface area contributed by atoms with Crippen molar-refractivity contribution < 1.29 is 9.72 Å². The van der Waals surface area contributed by atoms with Gasteiger partial charge in [0.15, 0.2) is 0 Å². The van der Waals surface area contributed by atoms with Gasteiger partial charge in [0.25, 0.3) is 5.69 Å². The molecule has 0 atom stereocenters. The number of fused-ring (bicyclic) bond motifs is 1. The fourth-order valence-electron chi connectivity index (χ4n) is 3.04. The van der Waals surface area contributed by atoms with E-state index >= 15 is 0 Å². The molecule has 0 unspecified atom stereocenters. The summed E-state index contributed by atoms with van der Waals surface area (Å²) < 4.78 is 0. The van der Waals surface area contributed by atoms with Crippen LogP contribution in [0, 0.1) is 17.0 Å². The van der Waals surface area contributed by atoms with Gasteiger partial charge in [0, 0.05) is 18.3 Å². The van der Waals surface area contributed by atoms with Crippen LogP contribution in [0.3, 0.4) is 0 Å². The average molecular weight is 325 g/mol. The van der Waals surface area contributed by atoms with Gasteiger partial charge < -0.3 is 10.2 Å². The number of nitro groups is 1. The Kier molecular flexibility index (Phi) is 4.46. The van der Waals surface area contributed by atoms with Crippen LogP contribution < -0.4 is 10.2 Å². The Balaban J connectivity index is 1.75. The van der Waals surface area contributed by atoms with Crippen molar-refractivity contribution in [3.63, 3.8) is 0 Å². The van der Waals surface area contributed by atoms with Crippen LogP contribution in [0.15, 0.2) is 42.5 Å². The molecule has 0 radical (unpaired) electrons. The van der Waals surface area contributed by atoms with Crippen molar-refractivity contribution in [2.75, 3.05) is 23.3 Å². The molecular weight excluding hydrogens is 306 g/mol. The number of nitrogens with one attached hydrogen (secondary N) is 1. The highest BCUT2D eigenvalue weighted by atomic mass is 16.6. The van der Waals surface area contributed by atoms with E-state index in [9.17, 15) is 14.9 Å². The predicted molar refractivity (Wildman–Crippen MR) is 93.4 cm³/mol. The van der Waals surface area contributed by atoms with E-state index in [1.807, 2.05) is 23.1 Å². The van der Waals surface area contributed by atoms with Gasteiger partial charge in [-0.2, -0.15) is 0 Å². The average Bonchev–Trinajstić information content (AvgIpc) is 2.56. The molecule has 0 bridgehead atoms. The first-order chi connectivity index (χ1) is 11.5. The van der Waals surface area contributed by atoms with Crippen molar-refractivity contribution in [1.82, 2.24) is 0 Å². The van der Waals surface area contributed by atoms with Crippen molar-refractivity contribution in [1.29, 1.82) is 0 Å². The normalized spacial score (nSPS) is 13.3. The Morgan fingerprint density at radius 2 is 2.08 bits per heavy atom. The molecule has 2 aromatic carbocycles. The highest BCUT2D eigenvalue weighted by Crippen LogP contribution is 2.28. The number of hydrogen-bond donors (Lipinski definition) is 1. The molecule has 6 nitrogen and oxygen atoms in total. The summed E-state index contributed by atoms with van der Waals surface area (Å²) >= 11 is 0. The lowest BCUT2D eigenvalue weighted by molar-refractivity contribution is -0.384. The maximum atomic E-state index is 12.4. The lowest BCUT2D eigenvalue weighted by Crippen LogP contribution is -2.36. The number of aryl methyl sites for hydroxylation is 2. The van der Waals surface area contributed by atoms with Crippen molar-refractivity contribution in [3.05, 3.63) is 63.7 Å². The second-order valence-electron chi connectivity index (χ2n) is 5.98. The van der Waals surface area contributed by atoms with Gasteiger partial charge in [-0.05, 0) is 43.0 Å². The molecule has 24 heavy (non-hydrogen) atoms. The van der Waals surface area contributed by atoms with Gasteiger partial charge in [-0.1, -0.05) is 24.3 Å². The highest BCUT2D eigenvalue weighted by Gasteiger charge is 2.21. The molecule has 0 fully saturated rings. The zero-order valence-electron chi connectivity index (χ0n) is 13.5. The number of anilines is 2. The molecule has 1 aliphatic rings. The number of carbonyl (C=O) groups excluding carboxylic acids is 1. The maximum Gasteiger partial charge on any atom is 0.293 e. The van der Waals surface area contributed by atoms with Crippen LogP contribution in [-0.4, -0.2) is 23.9 Å². The third-order valence-corrected chi connectivity index (χ3v) is 4.16. The minimum Gasteiger partial charge on any atom is -0.362 e. The predicted octanol–water partition coefficient (Wildman–Crippen LogP) is 3.29. The summed E-state index contributed by atoms with van der Waals surface area (Å²) in [5, 5.41) is 13.8. The van der Waals surface area contributed by atoms with Crippen molar-refractivity contribution in [2.45, 2.75) is 19.8 Å². The molecule has 2 aromatic rings. The van der Waals surface area contributed by atoms with Crippen molar-refractivity contribution in [3.8, 4) is 0 Å². The fourth-order valence-corrected chi connectivity index (χ4v) is 3.04. The van der Waals surface area contributed by atoms with Gasteiger partial charge in [0.2, 0.25) is 5.91 Å². The number of hydrogen-bond acceptors (Lipinski definition) is 4. The molecule has 0 saturated carbocycles. The van der Waals surface area contributed by atoms with Crippen LogP contribution in [0.5, 0.6) is 0 Å². The second kappa shape index (κ2) is 6.70. The van der Waals surface area contributed by atoms with Crippen LogP contribution in [0.25, 0.3) is 0 Å². The zero-order valence-corrected chi connectivity index (χ0v) is 13.5. The van der Waals surface area contributed by atoms with Gasteiger partial charge in [-0.25, -0.2) is 0 Å². The number of carbonyl (C=O) groups is 1. The van der Waals surface area contributed by atoms with Crippen molar-refractivity contribution >= 4 is 23.0 Å². The minimum atomic E-state index is -0.473. The quantitative estimate of drug-likeness (QED) is 0.691. The van der Waals surface area contributed by atoms with Crippen LogP contribution in [0.2, 0.25) is 0 Å². The fraction of sp³-hybridized carbons (Fsp3) is 0.278. The molecular formula is C18H19N3O3. The minimum absolute atomic E-state index is 0.0811. The van der Waals surface area contributed by atoms with E-state index in [1.54, 1.807) is 19.1 Å². The summed E-state index contributed by atoms with van der Waals surface area (Å²) in [5.74, 6) is -0.251. The van der Waals surface area contributed by atoms with Gasteiger partial charge in [0.1, 0.15) is 5.69 Å². The van der Waals surface area contributed by atoms with Gasteiger partial charge in [-0.15, -0.1) is 0 Å². The van der Waals surface area contributed by atoms with Gasteiger partial charge >= 0.3 is 0 Å². The molecule has 1 aliphatic heterocycles. The number of rotatable bonds is 4. The number of benzene rings is 2. The van der Waals surface area contributed by atoms with E-state index in [1.165, 1.54) is 11.6 Å². The van der Waals surface area contributed by atoms with Gasteiger partial charge in [0.05, 0.1) is 11.5 Å². The van der Waals surface area contributed by atoms with E-state index in [0.29, 0.717) is 0 Å². The largest absolute Gasteiger partial charge is 0.362 e. The SMILES string of the molecule is Cc1ccc(NC(=O)CN2CCCc3ccccc32)c([N+](=O)[O-])c1. The zero-order chi connectivity index (χ0) is 17.1. The summed E-state index contributed by atoms with van der Waals surface area (Å²) in [5.41, 5.74) is 3.24. The number of nitro benzene ring substituents is 1. The topological polar surface area (TPSA) is 75.5 Å². The monoisotopic (exact) mass is 325 g/mol. The van der Waals surface area contributed by atoms with Crippen LogP contribution >= 0.6 is 0 Å². The smallest absolute Gasteiger partial charge is 0.293 e. The van der Waals surface area contributed by atoms with E-state index in [2.05, 4.69) is 11.4 Å². The summed E-state index contributed by atoms with van der Waals surface area (Å²) in [7, 11) is 0. The Bertz CT molecular complexity index is 789. The first-order valence-corrected chi connectivity index (χ1v) is 7.92. The van der Waals surface area contributed by atoms with E-state index in [0.717, 1.165) is 30.6 Å². The molecule has 1 amide bonds. The summed E-state index contributed by atoms with van der Waals surface area (Å²) in [6.07, 6.45) is 2.01. The van der Waals surface area contributed by atoms with Gasteiger partial charge in [-0.3, -0.25) is 14.9 Å². The molecule has 1 N–H and O–H groups in total. The third-order valence-electron chi connectivity index (χ3n) is 4.16. The molecule has 1 heterocycles. The number of nitrogens with zero attached hydrogens (tertiary/aromatic N) is 2. The number of para-hydroxylation sites is 1. The Morgan fingerprint density at radius 3 is 2.88 bits per heavy atom. The Morgan fingerprint density at radius 1 is 1.29 bits per heavy atom. The van der Waals surface area contributed by atoms with Crippen LogP contribution in [-0.2, 0) is 11.2 Å². The standard InChI is InChI=1S/C18H19N3O3/c1-13-8-9-15(17(11-13)21(23)24)19-18(22)12-20-10-4-6-14-5-2-3-7-16(14)20/h2-3,5,7-9,11H,4,6,10,12H2,1H3,(H,19,22). The van der Waals surface area contributed by atoms with Crippen LogP contribution in [0.4, 0.5) is 17.1 Å². The van der Waals surface area contributed by atoms with E-state index in [-0.39, 0.29) is 23.8 Å². The Labute approximate surface area is 140 Å². The lowest BCUT2D eigenvalue weighted by Gasteiger charge is -2.30. The summed E-state index contributed by atoms with van der Waals surface area (Å²) in [4.78, 5) is 25.1. The molecule has 124 valence electrons. The summed E-state index contributed by atoms with van der Waals surface area (Å²) in [6, 6.07) is 12.8. The molecule has 0 spiro atoms. The first-order valence-electron chi connectivity index (χ1n) is 7.92. The van der Waals surface area contributed by atoms with E-state index in [4.69, 9.17) is 0 Å². The highest BCUT2D eigenvalue weighted by molar-refractivity contribution is 5.96. The first kappa shape index (κ1) is 16.0. The summed E-state index contributed by atoms with van der Waals surface area (Å²) in [6.45, 7) is 2.77. The molecule has 0 saturated heterocycles. The second-order valence-corrected chi connectivity index (χ2v) is 5.98. The Hall–Kier alpha value is -2.89. The van der Waals surface area contributed by atoms with Crippen LogP contribution in [0.1, 0.15) is 17.5 Å². The third kappa shape index (κ3) is 3.37. The maximum absolute atomic E-state index is 12.4. The lowest BCUT2D eigenvalue weighted by atomic mass is 10.0. The number of amides is 1. The molecule has 0 aromatic heterocycles. The molecule has 6 heteroatoms. The van der Waals surface area contributed by atoms with Crippen molar-refractivity contribution in [2.24, 2.45) is 0 Å².